The molecule has 0 bridgehead atoms. The predicted molar refractivity (Wildman–Crippen MR) is 110 cm³/mol. The van der Waals surface area contributed by atoms with Gasteiger partial charge in [-0.2, -0.15) is 14.3 Å². The topological polar surface area (TPSA) is 144 Å². The third-order valence-corrected chi connectivity index (χ3v) is 7.34. The number of imidazole rings is 1. The van der Waals surface area contributed by atoms with Gasteiger partial charge in [-0.3, -0.25) is 0 Å². The van der Waals surface area contributed by atoms with Gasteiger partial charge in [-0.05, 0) is 59.7 Å². The Morgan fingerprint density at radius 1 is 1.07 bits per heavy atom. The largest absolute Gasteiger partial charge is 0.382 e. The lowest BCUT2D eigenvalue weighted by Crippen LogP contribution is -2.38. The van der Waals surface area contributed by atoms with E-state index in [2.05, 4.69) is 42.5 Å². The molecule has 1 fully saturated rings. The number of aromatic nitrogens is 4. The molecule has 0 amide bonds. The summed E-state index contributed by atoms with van der Waals surface area (Å²) in [6.07, 6.45) is 1.32. The number of benzene rings is 1. The van der Waals surface area contributed by atoms with E-state index in [0.717, 1.165) is 9.39 Å². The van der Waals surface area contributed by atoms with Gasteiger partial charge < -0.3 is 16.5 Å². The first-order valence-corrected chi connectivity index (χ1v) is 10.9. The summed E-state index contributed by atoms with van der Waals surface area (Å²) >= 11 is 2.15. The van der Waals surface area contributed by atoms with E-state index in [9.17, 15) is 8.42 Å². The fourth-order valence-corrected chi connectivity index (χ4v) is 5.10. The zero-order chi connectivity index (χ0) is 19.2. The number of hydrogen-bond acceptors (Lipinski definition) is 7. The Hall–Kier alpha value is -1.99. The molecule has 11 heteroatoms. The summed E-state index contributed by atoms with van der Waals surface area (Å²) in [5, 5.41) is 0. The number of sulfonamides is 1. The number of piperidine rings is 1. The van der Waals surface area contributed by atoms with Crippen molar-refractivity contribution >= 4 is 55.5 Å². The number of nitrogen functional groups attached to an aromatic ring is 2. The summed E-state index contributed by atoms with van der Waals surface area (Å²) in [4.78, 5) is 16.0. The second-order valence-corrected chi connectivity index (χ2v) is 9.60. The molecule has 0 saturated carbocycles. The second-order valence-electron chi connectivity index (χ2n) is 6.42. The third-order valence-electron chi connectivity index (χ3n) is 4.71. The van der Waals surface area contributed by atoms with Crippen molar-refractivity contribution < 1.29 is 8.42 Å². The van der Waals surface area contributed by atoms with Gasteiger partial charge in [0.05, 0.1) is 4.90 Å². The van der Waals surface area contributed by atoms with Crippen LogP contribution in [-0.4, -0.2) is 45.7 Å². The average Bonchev–Trinajstić information content (AvgIpc) is 3.06. The molecule has 1 aliphatic heterocycles. The Morgan fingerprint density at radius 3 is 2.41 bits per heavy atom. The van der Waals surface area contributed by atoms with Crippen molar-refractivity contribution in [3.63, 3.8) is 0 Å². The highest BCUT2D eigenvalue weighted by Crippen LogP contribution is 2.31. The number of nitrogens with two attached hydrogens (primary N) is 2. The van der Waals surface area contributed by atoms with Gasteiger partial charge in [0.1, 0.15) is 11.3 Å². The Bertz CT molecular complexity index is 1090. The van der Waals surface area contributed by atoms with Gasteiger partial charge in [0.15, 0.2) is 11.5 Å². The molecule has 0 atom stereocenters. The number of nitrogens with one attached hydrogen (secondary N) is 1. The summed E-state index contributed by atoms with van der Waals surface area (Å²) < 4.78 is 28.2. The maximum Gasteiger partial charge on any atom is 0.243 e. The average molecular weight is 499 g/mol. The quantitative estimate of drug-likeness (QED) is 0.466. The maximum atomic E-state index is 12.8. The number of fused-ring (bicyclic) bond motifs is 1. The fourth-order valence-electron chi connectivity index (χ4n) is 3.27. The highest BCUT2D eigenvalue weighted by molar-refractivity contribution is 14.1. The molecular weight excluding hydrogens is 481 g/mol. The highest BCUT2D eigenvalue weighted by atomic mass is 127. The Kier molecular flexibility index (Phi) is 4.68. The van der Waals surface area contributed by atoms with E-state index >= 15 is 0 Å². The van der Waals surface area contributed by atoms with Crippen molar-refractivity contribution in [1.29, 1.82) is 0 Å². The molecular formula is C16H18IN7O2S. The zero-order valence-electron chi connectivity index (χ0n) is 14.3. The van der Waals surface area contributed by atoms with Crippen LogP contribution < -0.4 is 11.5 Å². The van der Waals surface area contributed by atoms with Crippen LogP contribution >= 0.6 is 22.6 Å². The normalized spacial score (nSPS) is 16.8. The molecule has 5 N–H and O–H groups in total. The monoisotopic (exact) mass is 499 g/mol. The van der Waals surface area contributed by atoms with Crippen LogP contribution in [0.25, 0.3) is 11.2 Å². The maximum absolute atomic E-state index is 12.8. The summed E-state index contributed by atoms with van der Waals surface area (Å²) in [5.74, 6) is 1.18. The fraction of sp³-hybridized carbons (Fsp3) is 0.312. The van der Waals surface area contributed by atoms with Crippen molar-refractivity contribution in [2.75, 3.05) is 24.6 Å². The van der Waals surface area contributed by atoms with E-state index < -0.39 is 10.0 Å². The van der Waals surface area contributed by atoms with Crippen molar-refractivity contribution in [3.8, 4) is 0 Å². The first kappa shape index (κ1) is 18.4. The smallest absolute Gasteiger partial charge is 0.243 e. The molecule has 2 aromatic heterocycles. The van der Waals surface area contributed by atoms with E-state index in [-0.39, 0.29) is 17.7 Å². The van der Waals surface area contributed by atoms with Gasteiger partial charge in [0.25, 0.3) is 0 Å². The van der Waals surface area contributed by atoms with Gasteiger partial charge in [0.2, 0.25) is 16.0 Å². The summed E-state index contributed by atoms with van der Waals surface area (Å²) in [7, 11) is -3.48. The summed E-state index contributed by atoms with van der Waals surface area (Å²) in [6.45, 7) is 0.860. The lowest BCUT2D eigenvalue weighted by atomic mass is 9.97. The summed E-state index contributed by atoms with van der Waals surface area (Å²) in [6, 6.07) is 6.89. The molecule has 1 saturated heterocycles. The predicted octanol–water partition coefficient (Wildman–Crippen LogP) is 1.69. The van der Waals surface area contributed by atoms with Gasteiger partial charge in [-0.25, -0.2) is 13.4 Å². The van der Waals surface area contributed by atoms with Crippen LogP contribution in [0.5, 0.6) is 0 Å². The second kappa shape index (κ2) is 6.87. The first-order valence-electron chi connectivity index (χ1n) is 8.39. The standard InChI is InChI=1S/C16H18IN7O2S/c17-10-1-3-11(4-2-10)27(25,26)24-7-5-9(6-8-24)14-20-12-13(18)21-16(19)23-15(12)22-14/h1-4,9H,5-8H2,(H5,18,19,20,21,22,23). The molecule has 3 aromatic rings. The molecule has 0 unspecified atom stereocenters. The number of anilines is 2. The lowest BCUT2D eigenvalue weighted by molar-refractivity contribution is 0.314. The van der Waals surface area contributed by atoms with Crippen LogP contribution in [0.1, 0.15) is 24.6 Å². The minimum Gasteiger partial charge on any atom is -0.382 e. The molecule has 4 rings (SSSR count). The highest BCUT2D eigenvalue weighted by Gasteiger charge is 2.31. The van der Waals surface area contributed by atoms with Crippen LogP contribution in [0, 0.1) is 3.57 Å². The van der Waals surface area contributed by atoms with Gasteiger partial charge in [0, 0.05) is 22.6 Å². The zero-order valence-corrected chi connectivity index (χ0v) is 17.2. The van der Waals surface area contributed by atoms with E-state index in [0.29, 0.717) is 42.0 Å². The van der Waals surface area contributed by atoms with Crippen molar-refractivity contribution in [2.24, 2.45) is 0 Å². The molecule has 3 heterocycles. The van der Waals surface area contributed by atoms with Crippen molar-refractivity contribution in [2.45, 2.75) is 23.7 Å². The molecule has 1 aliphatic rings. The van der Waals surface area contributed by atoms with Crippen LogP contribution in [0.15, 0.2) is 29.2 Å². The van der Waals surface area contributed by atoms with Crippen LogP contribution in [0.2, 0.25) is 0 Å². The van der Waals surface area contributed by atoms with Crippen LogP contribution in [0.4, 0.5) is 11.8 Å². The van der Waals surface area contributed by atoms with Gasteiger partial charge >= 0.3 is 0 Å². The van der Waals surface area contributed by atoms with Crippen LogP contribution in [-0.2, 0) is 10.0 Å². The minimum atomic E-state index is -3.48. The number of nitrogens with zero attached hydrogens (tertiary/aromatic N) is 4. The first-order chi connectivity index (χ1) is 12.8. The molecule has 1 aromatic carbocycles. The van der Waals surface area contributed by atoms with Crippen LogP contribution in [0.3, 0.4) is 0 Å². The number of H-pyrrole nitrogens is 1. The molecule has 142 valence electrons. The lowest BCUT2D eigenvalue weighted by Gasteiger charge is -2.30. The Labute approximate surface area is 169 Å². The molecule has 0 aliphatic carbocycles. The Balaban J connectivity index is 1.52. The van der Waals surface area contributed by atoms with E-state index in [4.69, 9.17) is 11.5 Å². The van der Waals surface area contributed by atoms with Crippen molar-refractivity contribution in [1.82, 2.24) is 24.2 Å². The van der Waals surface area contributed by atoms with Gasteiger partial charge in [-0.15, -0.1) is 0 Å². The van der Waals surface area contributed by atoms with Gasteiger partial charge in [-0.1, -0.05) is 0 Å². The summed E-state index contributed by atoms with van der Waals surface area (Å²) in [5.41, 5.74) is 12.5. The number of aromatic amines is 1. The van der Waals surface area contributed by atoms with E-state index in [1.807, 2.05) is 0 Å². The Morgan fingerprint density at radius 2 is 1.74 bits per heavy atom. The number of halogens is 1. The number of hydrogen-bond donors (Lipinski definition) is 3. The SMILES string of the molecule is Nc1nc(N)c2[nH]c(C3CCN(S(=O)(=O)c4ccc(I)cc4)CC3)nc2n1. The number of rotatable bonds is 3. The molecule has 27 heavy (non-hydrogen) atoms. The van der Waals surface area contributed by atoms with E-state index in [1.165, 1.54) is 4.31 Å². The molecule has 0 spiro atoms. The minimum absolute atomic E-state index is 0.0801. The van der Waals surface area contributed by atoms with Crippen molar-refractivity contribution in [3.05, 3.63) is 33.7 Å². The van der Waals surface area contributed by atoms with E-state index in [1.54, 1.807) is 24.3 Å². The molecule has 0 radical (unpaired) electrons. The third kappa shape index (κ3) is 3.46. The molecule has 9 nitrogen and oxygen atoms in total.